The molecule has 0 radical (unpaired) electrons. The second-order valence-corrected chi connectivity index (χ2v) is 13.4. The zero-order valence-electron chi connectivity index (χ0n) is 27.3. The molecule has 2 aliphatic rings. The van der Waals surface area contributed by atoms with E-state index >= 15 is 0 Å². The van der Waals surface area contributed by atoms with Crippen LogP contribution in [-0.2, 0) is 15.9 Å². The van der Waals surface area contributed by atoms with Crippen molar-refractivity contribution in [3.63, 3.8) is 0 Å². The van der Waals surface area contributed by atoms with Gasteiger partial charge in [0, 0.05) is 11.8 Å². The zero-order chi connectivity index (χ0) is 32.3. The van der Waals surface area contributed by atoms with Crippen molar-refractivity contribution in [2.75, 3.05) is 0 Å². The number of hydrogen-bond donors (Lipinski definition) is 5. The van der Waals surface area contributed by atoms with E-state index in [9.17, 15) is 30.4 Å². The number of ether oxygens (including phenoxy) is 2. The van der Waals surface area contributed by atoms with Crippen molar-refractivity contribution >= 4 is 41.2 Å². The van der Waals surface area contributed by atoms with E-state index in [1.165, 1.54) is 0 Å². The Morgan fingerprint density at radius 1 is 1.16 bits per heavy atom. The molecule has 10 atom stereocenters. The van der Waals surface area contributed by atoms with Crippen LogP contribution in [0.1, 0.15) is 115 Å². The number of aromatic carboxylic acids is 1. The SMILES string of the molecule is CCC(C(=NO)C(C)C(O)C(C)CCc1ccc(C)c(O)c1C(=O)O)C1OC(CC)(C2CCC(O)(CC)C(C)O2)CC1C.[NaH]. The Balaban J connectivity index is 0.00000675. The molecule has 0 aliphatic carbocycles. The van der Waals surface area contributed by atoms with Crippen molar-refractivity contribution in [3.8, 4) is 5.75 Å². The molecule has 1 aromatic carbocycles. The predicted octanol–water partition coefficient (Wildman–Crippen LogP) is 5.45. The van der Waals surface area contributed by atoms with Crippen molar-refractivity contribution < 1.29 is 39.9 Å². The molecular weight excluding hydrogens is 573 g/mol. The number of aliphatic hydroxyl groups excluding tert-OH is 1. The summed E-state index contributed by atoms with van der Waals surface area (Å²) in [6.45, 7) is 15.7. The molecule has 2 aliphatic heterocycles. The third-order valence-corrected chi connectivity index (χ3v) is 10.8. The standard InChI is InChI=1S/C34H55NO8.Na.H/c1-9-25(31-21(6)18-34(11-3,43-31)26-16-17-33(40,10-2)23(8)42-26)28(35-41)22(7)29(36)19(4)12-14-24-15-13-20(5)30(37)27(24)32(38)39;;/h13,15,19,21-23,25-26,29,31,36-37,40-41H,9-12,14,16-18H2,1-8H3,(H,38,39);;. The number of benzene rings is 1. The van der Waals surface area contributed by atoms with Crippen LogP contribution in [-0.4, -0.2) is 102 Å². The summed E-state index contributed by atoms with van der Waals surface area (Å²) in [4.78, 5) is 11.8. The maximum atomic E-state index is 11.8. The number of oxime groups is 1. The van der Waals surface area contributed by atoms with Crippen LogP contribution in [0, 0.1) is 30.6 Å². The van der Waals surface area contributed by atoms with E-state index in [1.807, 2.05) is 34.6 Å². The molecular formula is C34H56NNaO8. The van der Waals surface area contributed by atoms with Crippen molar-refractivity contribution in [1.82, 2.24) is 0 Å². The molecule has 44 heavy (non-hydrogen) atoms. The van der Waals surface area contributed by atoms with Gasteiger partial charge in [-0.25, -0.2) is 4.79 Å². The summed E-state index contributed by atoms with van der Waals surface area (Å²) >= 11 is 0. The number of aromatic hydroxyl groups is 1. The van der Waals surface area contributed by atoms with Gasteiger partial charge in [-0.15, -0.1) is 0 Å². The summed E-state index contributed by atoms with van der Waals surface area (Å²) in [7, 11) is 0. The Bertz CT molecular complexity index is 1150. The number of hydrogen-bond acceptors (Lipinski definition) is 8. The van der Waals surface area contributed by atoms with Gasteiger partial charge in [-0.2, -0.15) is 0 Å². The first kappa shape index (κ1) is 39.0. The van der Waals surface area contributed by atoms with Gasteiger partial charge in [-0.05, 0) is 88.2 Å². The molecule has 0 spiro atoms. The van der Waals surface area contributed by atoms with E-state index in [1.54, 1.807) is 19.1 Å². The van der Waals surface area contributed by atoms with Crippen molar-refractivity contribution in [2.45, 2.75) is 142 Å². The molecule has 5 N–H and O–H groups in total. The average Bonchev–Trinajstić information content (AvgIpc) is 3.33. The molecule has 10 heteroatoms. The Hall–Kier alpha value is -1.20. The summed E-state index contributed by atoms with van der Waals surface area (Å²) in [5.74, 6) is -2.16. The van der Waals surface area contributed by atoms with Crippen LogP contribution in [0.2, 0.25) is 0 Å². The molecule has 2 heterocycles. The van der Waals surface area contributed by atoms with E-state index in [0.29, 0.717) is 55.4 Å². The number of aryl methyl sites for hydroxylation is 2. The number of phenols is 1. The van der Waals surface area contributed by atoms with Crippen LogP contribution >= 0.6 is 0 Å². The van der Waals surface area contributed by atoms with Crippen molar-refractivity contribution in [3.05, 3.63) is 28.8 Å². The first-order valence-electron chi connectivity index (χ1n) is 16.2. The topological polar surface area (TPSA) is 149 Å². The molecule has 0 amide bonds. The second kappa shape index (κ2) is 16.1. The summed E-state index contributed by atoms with van der Waals surface area (Å²) in [5.41, 5.74) is 0.0988. The van der Waals surface area contributed by atoms with Crippen LogP contribution in [0.4, 0.5) is 0 Å². The fourth-order valence-electron chi connectivity index (χ4n) is 7.63. The Morgan fingerprint density at radius 3 is 2.34 bits per heavy atom. The van der Waals surface area contributed by atoms with Gasteiger partial charge >= 0.3 is 35.5 Å². The van der Waals surface area contributed by atoms with Gasteiger partial charge in [0.25, 0.3) is 0 Å². The average molecular weight is 630 g/mol. The first-order valence-corrected chi connectivity index (χ1v) is 16.2. The predicted molar refractivity (Wildman–Crippen MR) is 173 cm³/mol. The maximum absolute atomic E-state index is 11.8. The molecule has 2 saturated heterocycles. The van der Waals surface area contributed by atoms with Crippen molar-refractivity contribution in [1.29, 1.82) is 0 Å². The van der Waals surface area contributed by atoms with E-state index < -0.39 is 29.2 Å². The summed E-state index contributed by atoms with van der Waals surface area (Å²) in [6, 6.07) is 3.42. The number of carbonyl (C=O) groups is 1. The summed E-state index contributed by atoms with van der Waals surface area (Å²) in [5, 5.41) is 56.3. The number of carboxylic acids is 1. The van der Waals surface area contributed by atoms with Gasteiger partial charge in [0.15, 0.2) is 0 Å². The quantitative estimate of drug-likeness (QED) is 0.0837. The summed E-state index contributed by atoms with van der Waals surface area (Å²) in [6.07, 6.45) is 3.62. The molecule has 246 valence electrons. The zero-order valence-corrected chi connectivity index (χ0v) is 27.3. The van der Waals surface area contributed by atoms with Crippen LogP contribution < -0.4 is 0 Å². The third kappa shape index (κ3) is 7.84. The second-order valence-electron chi connectivity index (χ2n) is 13.4. The van der Waals surface area contributed by atoms with Gasteiger partial charge in [-0.1, -0.05) is 58.8 Å². The van der Waals surface area contributed by atoms with Crippen LogP contribution in [0.25, 0.3) is 0 Å². The number of nitrogens with zero attached hydrogens (tertiary/aromatic N) is 1. The molecule has 3 rings (SSSR count). The van der Waals surface area contributed by atoms with Gasteiger partial charge in [-0.3, -0.25) is 0 Å². The van der Waals surface area contributed by atoms with E-state index in [0.717, 1.165) is 12.8 Å². The van der Waals surface area contributed by atoms with E-state index in [-0.39, 0.29) is 76.9 Å². The Kier molecular flexibility index (Phi) is 14.2. The fourth-order valence-corrected chi connectivity index (χ4v) is 7.63. The van der Waals surface area contributed by atoms with Gasteiger partial charge in [0.05, 0.1) is 41.3 Å². The molecule has 10 unspecified atom stereocenters. The minimum absolute atomic E-state index is 0. The minimum atomic E-state index is -1.18. The van der Waals surface area contributed by atoms with Crippen LogP contribution in [0.3, 0.4) is 0 Å². The Labute approximate surface area is 285 Å². The number of aliphatic hydroxyl groups is 2. The normalized spacial score (nSPS) is 32.0. The fraction of sp³-hybridized carbons (Fsp3) is 0.765. The van der Waals surface area contributed by atoms with E-state index in [2.05, 4.69) is 19.0 Å². The first-order chi connectivity index (χ1) is 20.2. The third-order valence-electron chi connectivity index (χ3n) is 10.8. The van der Waals surface area contributed by atoms with Gasteiger partial charge < -0.3 is 35.1 Å². The molecule has 2 fully saturated rings. The van der Waals surface area contributed by atoms with Crippen molar-refractivity contribution in [2.24, 2.45) is 28.8 Å². The molecule has 9 nitrogen and oxygen atoms in total. The molecule has 0 saturated carbocycles. The molecule has 0 aromatic heterocycles. The van der Waals surface area contributed by atoms with Crippen LogP contribution in [0.5, 0.6) is 5.75 Å². The molecule has 0 bridgehead atoms. The van der Waals surface area contributed by atoms with Gasteiger partial charge in [0.1, 0.15) is 11.3 Å². The van der Waals surface area contributed by atoms with Gasteiger partial charge in [0.2, 0.25) is 0 Å². The van der Waals surface area contributed by atoms with E-state index in [4.69, 9.17) is 9.47 Å². The Morgan fingerprint density at radius 2 is 1.82 bits per heavy atom. The molecule has 1 aromatic rings. The summed E-state index contributed by atoms with van der Waals surface area (Å²) < 4.78 is 13.4. The number of carboxylic acid groups (broad SMARTS) is 1. The number of rotatable bonds is 13. The van der Waals surface area contributed by atoms with Crippen LogP contribution in [0.15, 0.2) is 17.3 Å². The monoisotopic (exact) mass is 629 g/mol.